The molecule has 0 saturated carbocycles. The van der Waals surface area contributed by atoms with Crippen LogP contribution in [0.1, 0.15) is 12.0 Å². The van der Waals surface area contributed by atoms with Gasteiger partial charge in [0.05, 0.1) is 0 Å². The third-order valence-corrected chi connectivity index (χ3v) is 6.73. The second-order valence-corrected chi connectivity index (χ2v) is 9.56. The average Bonchev–Trinajstić information content (AvgIpc) is 3.66. The van der Waals surface area contributed by atoms with Crippen LogP contribution in [0.3, 0.4) is 0 Å². The second kappa shape index (κ2) is 11.6. The summed E-state index contributed by atoms with van der Waals surface area (Å²) in [6.07, 6.45) is 3.99. The molecule has 0 aliphatic carbocycles. The maximum atomic E-state index is 13.1. The van der Waals surface area contributed by atoms with E-state index in [-0.39, 0.29) is 17.5 Å². The number of H-pyrrole nitrogens is 1. The molecule has 0 bridgehead atoms. The Morgan fingerprint density at radius 2 is 1.63 bits per heavy atom. The smallest absolute Gasteiger partial charge is 0.264 e. The first kappa shape index (κ1) is 25.6. The lowest BCUT2D eigenvalue weighted by Crippen LogP contribution is -2.32. The highest BCUT2D eigenvalue weighted by atomic mass is 16.5. The van der Waals surface area contributed by atoms with Gasteiger partial charge in [-0.2, -0.15) is 10.4 Å². The monoisotopic (exact) mass is 542 g/mol. The van der Waals surface area contributed by atoms with Crippen molar-refractivity contribution in [1.82, 2.24) is 20.1 Å². The molecule has 0 spiro atoms. The molecule has 2 aromatic heterocycles. The number of para-hydroxylation sites is 1. The van der Waals surface area contributed by atoms with Crippen LogP contribution in [0.4, 0.5) is 5.82 Å². The summed E-state index contributed by atoms with van der Waals surface area (Å²) in [6.45, 7) is 0.978. The van der Waals surface area contributed by atoms with Crippen LogP contribution in [0.25, 0.3) is 17.1 Å². The van der Waals surface area contributed by atoms with E-state index < -0.39 is 0 Å². The molecule has 3 heterocycles. The molecule has 2 N–H and O–H groups in total. The molecular weight excluding hydrogens is 516 g/mol. The van der Waals surface area contributed by atoms with Crippen molar-refractivity contribution in [2.24, 2.45) is 0 Å². The SMILES string of the molecule is N#C/C(=C\c1ccccc1)C(=O)N1CC[C@@H](Nc2n[nH]c3nccc(Oc4ccc(Oc5ccccc5)cc4)c23)C1. The summed E-state index contributed by atoms with van der Waals surface area (Å²) in [7, 11) is 0. The van der Waals surface area contributed by atoms with E-state index >= 15 is 0 Å². The number of hydrogen-bond donors (Lipinski definition) is 2. The molecule has 1 atom stereocenters. The Morgan fingerprint density at radius 1 is 0.951 bits per heavy atom. The summed E-state index contributed by atoms with van der Waals surface area (Å²) >= 11 is 0. The number of pyridine rings is 1. The Bertz CT molecular complexity index is 1730. The van der Waals surface area contributed by atoms with Crippen molar-refractivity contribution in [1.29, 1.82) is 5.26 Å². The number of ether oxygens (including phenoxy) is 2. The zero-order valence-corrected chi connectivity index (χ0v) is 22.0. The van der Waals surface area contributed by atoms with E-state index in [1.165, 1.54) is 0 Å². The molecule has 5 aromatic rings. The molecular formula is C32H26N6O3. The lowest BCUT2D eigenvalue weighted by atomic mass is 10.1. The van der Waals surface area contributed by atoms with Gasteiger partial charge in [0.2, 0.25) is 0 Å². The number of amides is 1. The first-order valence-corrected chi connectivity index (χ1v) is 13.2. The van der Waals surface area contributed by atoms with Gasteiger partial charge in [0, 0.05) is 31.4 Å². The largest absolute Gasteiger partial charge is 0.457 e. The Morgan fingerprint density at radius 3 is 2.37 bits per heavy atom. The number of aromatic nitrogens is 3. The molecule has 3 aromatic carbocycles. The van der Waals surface area contributed by atoms with Gasteiger partial charge in [-0.1, -0.05) is 48.5 Å². The van der Waals surface area contributed by atoms with Gasteiger partial charge in [-0.05, 0) is 54.5 Å². The maximum absolute atomic E-state index is 13.1. The lowest BCUT2D eigenvalue weighted by Gasteiger charge is -2.17. The van der Waals surface area contributed by atoms with Crippen LogP contribution in [0, 0.1) is 11.3 Å². The van der Waals surface area contributed by atoms with Crippen LogP contribution < -0.4 is 14.8 Å². The van der Waals surface area contributed by atoms with Crippen molar-refractivity contribution in [3.8, 4) is 29.1 Å². The fourth-order valence-corrected chi connectivity index (χ4v) is 4.72. The van der Waals surface area contributed by atoms with E-state index in [9.17, 15) is 10.1 Å². The first-order valence-electron chi connectivity index (χ1n) is 13.2. The van der Waals surface area contributed by atoms with Gasteiger partial charge in [-0.3, -0.25) is 9.89 Å². The summed E-state index contributed by atoms with van der Waals surface area (Å²) in [5.74, 6) is 3.00. The molecule has 0 unspecified atom stereocenters. The maximum Gasteiger partial charge on any atom is 0.264 e. The Kier molecular flexibility index (Phi) is 7.28. The van der Waals surface area contributed by atoms with E-state index in [0.29, 0.717) is 53.6 Å². The van der Waals surface area contributed by atoms with Crippen molar-refractivity contribution in [3.63, 3.8) is 0 Å². The summed E-state index contributed by atoms with van der Waals surface area (Å²) in [6, 6.07) is 30.1. The molecule has 1 saturated heterocycles. The van der Waals surface area contributed by atoms with E-state index in [1.54, 1.807) is 23.2 Å². The van der Waals surface area contributed by atoms with Crippen LogP contribution in [-0.4, -0.2) is 45.1 Å². The van der Waals surface area contributed by atoms with Gasteiger partial charge in [0.1, 0.15) is 40.0 Å². The van der Waals surface area contributed by atoms with Gasteiger partial charge in [0.15, 0.2) is 11.5 Å². The Balaban J connectivity index is 1.14. The zero-order chi connectivity index (χ0) is 28.0. The molecule has 1 fully saturated rings. The van der Waals surface area contributed by atoms with Crippen LogP contribution in [0.2, 0.25) is 0 Å². The van der Waals surface area contributed by atoms with Gasteiger partial charge < -0.3 is 19.7 Å². The normalized spacial score (nSPS) is 15.0. The van der Waals surface area contributed by atoms with E-state index in [4.69, 9.17) is 9.47 Å². The van der Waals surface area contributed by atoms with Gasteiger partial charge >= 0.3 is 0 Å². The molecule has 9 nitrogen and oxygen atoms in total. The van der Waals surface area contributed by atoms with Gasteiger partial charge in [0.25, 0.3) is 5.91 Å². The summed E-state index contributed by atoms with van der Waals surface area (Å²) in [4.78, 5) is 19.2. The summed E-state index contributed by atoms with van der Waals surface area (Å²) in [5, 5.41) is 21.2. The summed E-state index contributed by atoms with van der Waals surface area (Å²) in [5.41, 5.74) is 1.51. The van der Waals surface area contributed by atoms with Gasteiger partial charge in [-0.15, -0.1) is 0 Å². The molecule has 1 amide bonds. The average molecular weight is 543 g/mol. The van der Waals surface area contributed by atoms with E-state index in [2.05, 4.69) is 26.6 Å². The predicted octanol–water partition coefficient (Wildman–Crippen LogP) is 6.16. The minimum atomic E-state index is -0.280. The highest BCUT2D eigenvalue weighted by Gasteiger charge is 2.29. The lowest BCUT2D eigenvalue weighted by molar-refractivity contribution is -0.125. The van der Waals surface area contributed by atoms with Crippen molar-refractivity contribution in [3.05, 3.63) is 108 Å². The van der Waals surface area contributed by atoms with Crippen LogP contribution in [0.5, 0.6) is 23.0 Å². The molecule has 202 valence electrons. The van der Waals surface area contributed by atoms with Crippen molar-refractivity contribution >= 4 is 28.8 Å². The Hall–Kier alpha value is -5.62. The number of benzene rings is 3. The number of rotatable bonds is 8. The number of nitrogens with one attached hydrogen (secondary N) is 2. The number of likely N-dealkylation sites (tertiary alicyclic amines) is 1. The number of nitriles is 1. The van der Waals surface area contributed by atoms with Crippen molar-refractivity contribution in [2.45, 2.75) is 12.5 Å². The number of hydrogen-bond acceptors (Lipinski definition) is 7. The molecule has 1 aliphatic rings. The third kappa shape index (κ3) is 5.87. The van der Waals surface area contributed by atoms with Crippen molar-refractivity contribution < 1.29 is 14.3 Å². The first-order chi connectivity index (χ1) is 20.2. The van der Waals surface area contributed by atoms with Crippen molar-refractivity contribution in [2.75, 3.05) is 18.4 Å². The standard InChI is InChI=1S/C32H26N6O3/c33-20-23(19-22-7-3-1-4-8-22)32(39)38-18-16-24(21-38)35-31-29-28(15-17-34-30(29)36-37-31)41-27-13-11-26(12-14-27)40-25-9-5-2-6-10-25/h1-15,17,19,24H,16,18,21H2,(H2,34,35,36,37)/b23-19+/t24-/m1/s1. The molecule has 0 radical (unpaired) electrons. The third-order valence-electron chi connectivity index (χ3n) is 6.73. The van der Waals surface area contributed by atoms with E-state index in [1.807, 2.05) is 84.9 Å². The highest BCUT2D eigenvalue weighted by molar-refractivity contribution is 6.02. The number of aromatic amines is 1. The quantitative estimate of drug-likeness (QED) is 0.178. The molecule has 41 heavy (non-hydrogen) atoms. The highest BCUT2D eigenvalue weighted by Crippen LogP contribution is 2.34. The van der Waals surface area contributed by atoms with Gasteiger partial charge in [-0.25, -0.2) is 4.98 Å². The van der Waals surface area contributed by atoms with Crippen LogP contribution >= 0.6 is 0 Å². The fraction of sp³-hybridized carbons (Fsp3) is 0.125. The zero-order valence-electron chi connectivity index (χ0n) is 22.0. The van der Waals surface area contributed by atoms with Crippen LogP contribution in [-0.2, 0) is 4.79 Å². The molecule has 1 aliphatic heterocycles. The minimum absolute atomic E-state index is 0.0513. The second-order valence-electron chi connectivity index (χ2n) is 9.56. The summed E-state index contributed by atoms with van der Waals surface area (Å²) < 4.78 is 12.1. The number of anilines is 1. The number of carbonyl (C=O) groups is 1. The fourth-order valence-electron chi connectivity index (χ4n) is 4.72. The molecule has 9 heteroatoms. The minimum Gasteiger partial charge on any atom is -0.457 e. The number of fused-ring (bicyclic) bond motifs is 1. The molecule has 6 rings (SSSR count). The Labute approximate surface area is 236 Å². The predicted molar refractivity (Wildman–Crippen MR) is 156 cm³/mol. The topological polar surface area (TPSA) is 116 Å². The van der Waals surface area contributed by atoms with E-state index in [0.717, 1.165) is 11.3 Å². The van der Waals surface area contributed by atoms with Crippen LogP contribution in [0.15, 0.2) is 103 Å². The number of nitrogens with zero attached hydrogens (tertiary/aromatic N) is 4. The number of carbonyl (C=O) groups excluding carboxylic acids is 1.